The summed E-state index contributed by atoms with van der Waals surface area (Å²) in [5, 5.41) is 11.6. The third-order valence-corrected chi connectivity index (χ3v) is 11.8. The van der Waals surface area contributed by atoms with Crippen molar-refractivity contribution in [3.05, 3.63) is 106 Å². The van der Waals surface area contributed by atoms with Crippen LogP contribution in [0.1, 0.15) is 34.3 Å². The number of fused-ring (bicyclic) bond motifs is 1. The Morgan fingerprint density at radius 1 is 1.07 bits per heavy atom. The summed E-state index contributed by atoms with van der Waals surface area (Å²) >= 11 is 0.898. The first-order valence-corrected chi connectivity index (χ1v) is 19.0. The number of halogens is 4. The Kier molecular flexibility index (Phi) is 10.1. The third kappa shape index (κ3) is 7.88. The topological polar surface area (TPSA) is 155 Å². The molecule has 13 nitrogen and oxygen atoms in total. The molecule has 0 atom stereocenters. The zero-order valence-corrected chi connectivity index (χ0v) is 31.5. The Labute approximate surface area is 328 Å². The van der Waals surface area contributed by atoms with Gasteiger partial charge in [-0.15, -0.1) is 0 Å². The van der Waals surface area contributed by atoms with Gasteiger partial charge in [-0.3, -0.25) is 29.4 Å². The number of nitrogens with one attached hydrogen (secondary N) is 2. The van der Waals surface area contributed by atoms with Crippen molar-refractivity contribution in [1.82, 2.24) is 24.5 Å². The van der Waals surface area contributed by atoms with E-state index in [4.69, 9.17) is 15.2 Å². The van der Waals surface area contributed by atoms with E-state index in [-0.39, 0.29) is 45.0 Å². The number of anilines is 2. The van der Waals surface area contributed by atoms with Crippen LogP contribution in [0.2, 0.25) is 0 Å². The van der Waals surface area contributed by atoms with Crippen LogP contribution in [0.15, 0.2) is 78.0 Å². The van der Waals surface area contributed by atoms with Gasteiger partial charge in [0.15, 0.2) is 0 Å². The fourth-order valence-electron chi connectivity index (χ4n) is 8.04. The summed E-state index contributed by atoms with van der Waals surface area (Å²) in [5.41, 5.74) is 7.04. The number of benzene rings is 3. The number of hydrogen-bond donors (Lipinski definition) is 3. The molecule has 2 aromatic heterocycles. The Hall–Kier alpha value is -5.59. The fraction of sp³-hybridized carbons (Fsp3) is 0.333. The number of amides is 1. The number of piperazine rings is 1. The maximum absolute atomic E-state index is 14.4. The third-order valence-electron chi connectivity index (χ3n) is 11.0. The summed E-state index contributed by atoms with van der Waals surface area (Å²) in [6, 6.07) is 15.6. The van der Waals surface area contributed by atoms with Crippen molar-refractivity contribution in [2.24, 2.45) is 5.41 Å². The van der Waals surface area contributed by atoms with Gasteiger partial charge in [0.2, 0.25) is 0 Å². The molecular formula is C39H38F4N8O5S. The minimum atomic E-state index is -4.47. The van der Waals surface area contributed by atoms with Crippen molar-refractivity contribution < 1.29 is 36.8 Å². The summed E-state index contributed by atoms with van der Waals surface area (Å²) in [4.78, 5) is 38.7. The summed E-state index contributed by atoms with van der Waals surface area (Å²) < 4.78 is 68.3. The van der Waals surface area contributed by atoms with Crippen molar-refractivity contribution in [2.75, 3.05) is 57.0 Å². The van der Waals surface area contributed by atoms with Gasteiger partial charge in [-0.05, 0) is 72.8 Å². The molecule has 8 rings (SSSR count). The van der Waals surface area contributed by atoms with Crippen LogP contribution in [0.25, 0.3) is 11.0 Å². The minimum absolute atomic E-state index is 0.00830. The van der Waals surface area contributed by atoms with Crippen LogP contribution in [-0.2, 0) is 12.7 Å². The monoisotopic (exact) mass is 806 g/mol. The molecule has 298 valence electrons. The SMILES string of the molecule is COc1cc(CN2CCN(C3CC4(C3)CN(c3ccc(C(=O)NSc5ccc(N)c([N+](=O)[O-])c5)c(Oc5cnc6[nH]cc(F)c6c5)c3)C4)CC2)ccc1C(F)(F)F. The number of methoxy groups -OCH3 is 1. The number of nitrogens with two attached hydrogens (primary N) is 1. The van der Waals surface area contributed by atoms with Gasteiger partial charge in [-0.1, -0.05) is 6.07 Å². The number of nitro benzene ring substituents is 1. The highest BCUT2D eigenvalue weighted by Crippen LogP contribution is 2.52. The van der Waals surface area contributed by atoms with E-state index in [1.165, 1.54) is 49.8 Å². The largest absolute Gasteiger partial charge is 0.496 e. The van der Waals surface area contributed by atoms with Crippen LogP contribution in [0.3, 0.4) is 0 Å². The minimum Gasteiger partial charge on any atom is -0.496 e. The molecule has 1 amide bonds. The molecule has 0 bridgehead atoms. The van der Waals surface area contributed by atoms with Crippen LogP contribution in [0.4, 0.5) is 34.6 Å². The summed E-state index contributed by atoms with van der Waals surface area (Å²) in [7, 11) is 1.25. The van der Waals surface area contributed by atoms with E-state index < -0.39 is 28.4 Å². The van der Waals surface area contributed by atoms with E-state index in [9.17, 15) is 32.5 Å². The first-order valence-electron chi connectivity index (χ1n) is 18.2. The standard InChI is InChI=1S/C39H38F4N8O5S/c1-55-35-12-23(2-6-30(35)39(41,42)43)20-48-8-10-49(11-9-48)25-16-38(17-25)21-50(22-38)24-3-5-28(37(52)47-57-27-4-7-32(44)33(15-27)51(53)54)34(13-24)56-26-14-29-31(40)19-46-36(29)45-18-26/h2-7,12-15,18-19,25H,8-11,16-17,20-22,44H2,1H3,(H,45,46)(H,47,52). The Morgan fingerprint density at radius 3 is 2.56 bits per heavy atom. The van der Waals surface area contributed by atoms with Crippen LogP contribution < -0.4 is 24.8 Å². The molecule has 3 aromatic carbocycles. The van der Waals surface area contributed by atoms with Gasteiger partial charge in [0.05, 0.1) is 34.7 Å². The molecule has 3 fully saturated rings. The van der Waals surface area contributed by atoms with Gasteiger partial charge in [-0.25, -0.2) is 9.37 Å². The van der Waals surface area contributed by atoms with Crippen molar-refractivity contribution >= 4 is 46.0 Å². The number of alkyl halides is 3. The Balaban J connectivity index is 0.895. The number of pyridine rings is 1. The number of hydrogen-bond acceptors (Lipinski definition) is 11. The van der Waals surface area contributed by atoms with Gasteiger partial charge in [0.1, 0.15) is 34.4 Å². The Bertz CT molecular complexity index is 2340. The normalized spacial score (nSPS) is 17.3. The second-order valence-electron chi connectivity index (χ2n) is 14.8. The zero-order valence-electron chi connectivity index (χ0n) is 30.6. The molecular weight excluding hydrogens is 769 g/mol. The highest BCUT2D eigenvalue weighted by atomic mass is 32.2. The average molecular weight is 807 g/mol. The molecule has 0 unspecified atom stereocenters. The van der Waals surface area contributed by atoms with Crippen molar-refractivity contribution in [1.29, 1.82) is 0 Å². The van der Waals surface area contributed by atoms with Crippen LogP contribution >= 0.6 is 11.9 Å². The van der Waals surface area contributed by atoms with E-state index >= 15 is 0 Å². The predicted octanol–water partition coefficient (Wildman–Crippen LogP) is 7.24. The van der Waals surface area contributed by atoms with Crippen molar-refractivity contribution in [3.8, 4) is 17.2 Å². The number of aromatic nitrogens is 2. The number of carbonyl (C=O) groups excluding carboxylic acids is 1. The maximum Gasteiger partial charge on any atom is 0.419 e. The molecule has 4 N–H and O–H groups in total. The smallest absolute Gasteiger partial charge is 0.419 e. The van der Waals surface area contributed by atoms with E-state index in [0.717, 1.165) is 81.4 Å². The molecule has 1 spiro atoms. The second-order valence-corrected chi connectivity index (χ2v) is 15.6. The predicted molar refractivity (Wildman–Crippen MR) is 206 cm³/mol. The fourth-order valence-corrected chi connectivity index (χ4v) is 8.66. The Morgan fingerprint density at radius 2 is 1.84 bits per heavy atom. The van der Waals surface area contributed by atoms with Gasteiger partial charge in [0, 0.05) is 86.2 Å². The number of H-pyrrole nitrogens is 1. The summed E-state index contributed by atoms with van der Waals surface area (Å²) in [6.07, 6.45) is 0.279. The van der Waals surface area contributed by atoms with Gasteiger partial charge < -0.3 is 25.1 Å². The lowest BCUT2D eigenvalue weighted by Crippen LogP contribution is -2.68. The molecule has 0 radical (unpaired) electrons. The molecule has 3 aliphatic rings. The number of rotatable bonds is 11. The number of nitro groups is 1. The lowest BCUT2D eigenvalue weighted by atomic mass is 9.60. The number of aromatic amines is 1. The van der Waals surface area contributed by atoms with E-state index in [1.54, 1.807) is 18.2 Å². The average Bonchev–Trinajstić information content (AvgIpc) is 3.52. The van der Waals surface area contributed by atoms with Crippen LogP contribution in [0, 0.1) is 21.3 Å². The summed E-state index contributed by atoms with van der Waals surface area (Å²) in [6.45, 7) is 5.62. The van der Waals surface area contributed by atoms with E-state index in [2.05, 4.69) is 29.4 Å². The van der Waals surface area contributed by atoms with Gasteiger partial charge in [-0.2, -0.15) is 13.2 Å². The van der Waals surface area contributed by atoms with Crippen LogP contribution in [0.5, 0.6) is 17.2 Å². The lowest BCUT2D eigenvalue weighted by Gasteiger charge is -2.62. The van der Waals surface area contributed by atoms with Gasteiger partial charge >= 0.3 is 6.18 Å². The maximum atomic E-state index is 14.4. The zero-order chi connectivity index (χ0) is 40.1. The van der Waals surface area contributed by atoms with E-state index in [0.29, 0.717) is 23.1 Å². The molecule has 2 aliphatic heterocycles. The molecule has 57 heavy (non-hydrogen) atoms. The highest BCUT2D eigenvalue weighted by Gasteiger charge is 2.54. The van der Waals surface area contributed by atoms with E-state index in [1.807, 2.05) is 6.07 Å². The number of carbonyl (C=O) groups is 1. The molecule has 1 saturated carbocycles. The van der Waals surface area contributed by atoms with Crippen LogP contribution in [-0.4, -0.2) is 83.0 Å². The van der Waals surface area contributed by atoms with Crippen molar-refractivity contribution in [3.63, 3.8) is 0 Å². The molecule has 1 aliphatic carbocycles. The molecule has 4 heterocycles. The molecule has 18 heteroatoms. The number of nitrogens with zero attached hydrogens (tertiary/aromatic N) is 5. The second kappa shape index (κ2) is 15.1. The first-order chi connectivity index (χ1) is 27.3. The molecule has 5 aromatic rings. The number of ether oxygens (including phenoxy) is 2. The summed E-state index contributed by atoms with van der Waals surface area (Å²) in [5.74, 6) is -0.706. The first kappa shape index (κ1) is 38.3. The number of nitrogen functional groups attached to an aromatic ring is 1. The highest BCUT2D eigenvalue weighted by molar-refractivity contribution is 7.98. The lowest BCUT2D eigenvalue weighted by molar-refractivity contribution is -0.384. The van der Waals surface area contributed by atoms with Crippen molar-refractivity contribution in [2.45, 2.75) is 36.5 Å². The molecule has 2 saturated heterocycles. The van der Waals surface area contributed by atoms with Gasteiger partial charge in [0.25, 0.3) is 11.6 Å². The quantitative estimate of drug-likeness (QED) is 0.0407.